The van der Waals surface area contributed by atoms with E-state index in [1.807, 2.05) is 36.4 Å². The number of benzene rings is 1. The van der Waals surface area contributed by atoms with E-state index in [9.17, 15) is 5.11 Å². The first kappa shape index (κ1) is 15.9. The molecule has 1 saturated heterocycles. The summed E-state index contributed by atoms with van der Waals surface area (Å²) < 4.78 is 0. The van der Waals surface area contributed by atoms with Gasteiger partial charge in [-0.2, -0.15) is 0 Å². The molecule has 1 fully saturated rings. The van der Waals surface area contributed by atoms with E-state index in [2.05, 4.69) is 9.88 Å². The van der Waals surface area contributed by atoms with Gasteiger partial charge in [-0.25, -0.2) is 9.97 Å². The summed E-state index contributed by atoms with van der Waals surface area (Å²) in [5.74, 6) is 1.60. The number of aliphatic hydroxyl groups is 1. The first-order valence-electron chi connectivity index (χ1n) is 8.50. The van der Waals surface area contributed by atoms with Crippen molar-refractivity contribution in [2.45, 2.75) is 18.4 Å². The van der Waals surface area contributed by atoms with Gasteiger partial charge in [-0.15, -0.1) is 0 Å². The Morgan fingerprint density at radius 2 is 1.88 bits per heavy atom. The van der Waals surface area contributed by atoms with Crippen molar-refractivity contribution >= 4 is 16.7 Å². The van der Waals surface area contributed by atoms with Crippen molar-refractivity contribution < 1.29 is 5.11 Å². The van der Waals surface area contributed by atoms with Crippen LogP contribution in [0, 0.1) is 0 Å². The highest BCUT2D eigenvalue weighted by Crippen LogP contribution is 2.30. The van der Waals surface area contributed by atoms with E-state index >= 15 is 0 Å². The molecule has 4 rings (SSSR count). The van der Waals surface area contributed by atoms with Gasteiger partial charge in [0, 0.05) is 42.0 Å². The summed E-state index contributed by atoms with van der Waals surface area (Å²) in [6.07, 6.45) is 5.00. The summed E-state index contributed by atoms with van der Waals surface area (Å²) >= 11 is 0. The number of piperidine rings is 1. The quantitative estimate of drug-likeness (QED) is 0.761. The molecule has 128 valence electrons. The van der Waals surface area contributed by atoms with E-state index in [0.29, 0.717) is 5.82 Å². The van der Waals surface area contributed by atoms with Crippen LogP contribution >= 0.6 is 0 Å². The number of aliphatic hydroxyl groups excluding tert-OH is 1. The van der Waals surface area contributed by atoms with Crippen molar-refractivity contribution in [2.24, 2.45) is 5.73 Å². The molecule has 1 aromatic carbocycles. The first-order chi connectivity index (χ1) is 12.2. The molecular weight excluding hydrogens is 314 g/mol. The van der Waals surface area contributed by atoms with Crippen molar-refractivity contribution in [1.29, 1.82) is 0 Å². The fourth-order valence-corrected chi connectivity index (χ4v) is 3.25. The Hall–Kier alpha value is -2.57. The molecule has 2 aromatic heterocycles. The number of fused-ring (bicyclic) bond motifs is 1. The van der Waals surface area contributed by atoms with Gasteiger partial charge in [0.15, 0.2) is 5.82 Å². The second kappa shape index (κ2) is 6.38. The lowest BCUT2D eigenvalue weighted by Crippen LogP contribution is -2.53. The summed E-state index contributed by atoms with van der Waals surface area (Å²) in [5.41, 5.74) is 7.55. The Kier molecular flexibility index (Phi) is 4.07. The molecule has 0 radical (unpaired) electrons. The first-order valence-corrected chi connectivity index (χ1v) is 8.50. The van der Waals surface area contributed by atoms with Crippen molar-refractivity contribution in [1.82, 2.24) is 15.0 Å². The van der Waals surface area contributed by atoms with Gasteiger partial charge in [0.25, 0.3) is 0 Å². The van der Waals surface area contributed by atoms with Crippen molar-refractivity contribution in [3.63, 3.8) is 0 Å². The van der Waals surface area contributed by atoms with E-state index in [1.54, 1.807) is 12.4 Å². The van der Waals surface area contributed by atoms with Crippen LogP contribution in [-0.4, -0.2) is 45.3 Å². The Balaban J connectivity index is 1.77. The van der Waals surface area contributed by atoms with Gasteiger partial charge in [-0.3, -0.25) is 4.98 Å². The smallest absolute Gasteiger partial charge is 0.163 e. The summed E-state index contributed by atoms with van der Waals surface area (Å²) in [5, 5.41) is 10.5. The molecule has 0 unspecified atom stereocenters. The molecular formula is C19H21N5O. The zero-order valence-electron chi connectivity index (χ0n) is 14.0. The average Bonchev–Trinajstić information content (AvgIpc) is 2.68. The summed E-state index contributed by atoms with van der Waals surface area (Å²) in [4.78, 5) is 16.0. The molecule has 3 N–H and O–H groups in total. The van der Waals surface area contributed by atoms with Crippen LogP contribution < -0.4 is 10.6 Å². The van der Waals surface area contributed by atoms with Gasteiger partial charge < -0.3 is 15.7 Å². The lowest BCUT2D eigenvalue weighted by Gasteiger charge is -2.38. The monoisotopic (exact) mass is 335 g/mol. The number of anilines is 1. The lowest BCUT2D eigenvalue weighted by molar-refractivity contribution is 0.170. The Bertz CT molecular complexity index is 875. The maximum absolute atomic E-state index is 9.50. The van der Waals surface area contributed by atoms with Crippen LogP contribution in [0.2, 0.25) is 0 Å². The Morgan fingerprint density at radius 3 is 2.60 bits per heavy atom. The second-order valence-corrected chi connectivity index (χ2v) is 6.64. The van der Waals surface area contributed by atoms with Crippen molar-refractivity contribution in [3.8, 4) is 11.4 Å². The van der Waals surface area contributed by atoms with Crippen LogP contribution in [0.1, 0.15) is 12.8 Å². The minimum Gasteiger partial charge on any atom is -0.394 e. The zero-order valence-corrected chi connectivity index (χ0v) is 14.0. The molecule has 0 bridgehead atoms. The highest BCUT2D eigenvalue weighted by Gasteiger charge is 2.31. The molecule has 0 spiro atoms. The lowest BCUT2D eigenvalue weighted by atomic mass is 9.89. The molecule has 6 nitrogen and oxygen atoms in total. The predicted molar refractivity (Wildman–Crippen MR) is 98.2 cm³/mol. The largest absolute Gasteiger partial charge is 0.394 e. The predicted octanol–water partition coefficient (Wildman–Crippen LogP) is 1.98. The zero-order chi connectivity index (χ0) is 17.3. The van der Waals surface area contributed by atoms with Gasteiger partial charge in [0.1, 0.15) is 5.82 Å². The van der Waals surface area contributed by atoms with Gasteiger partial charge in [-0.05, 0) is 37.1 Å². The van der Waals surface area contributed by atoms with Gasteiger partial charge in [-0.1, -0.05) is 12.1 Å². The van der Waals surface area contributed by atoms with Crippen LogP contribution in [0.5, 0.6) is 0 Å². The topological polar surface area (TPSA) is 88.2 Å². The van der Waals surface area contributed by atoms with Gasteiger partial charge in [0.2, 0.25) is 0 Å². The van der Waals surface area contributed by atoms with Crippen LogP contribution in [0.15, 0.2) is 48.8 Å². The minimum atomic E-state index is -0.481. The maximum Gasteiger partial charge on any atom is 0.163 e. The molecule has 25 heavy (non-hydrogen) atoms. The van der Waals surface area contributed by atoms with Crippen LogP contribution in [0.4, 0.5) is 5.82 Å². The number of rotatable bonds is 3. The summed E-state index contributed by atoms with van der Waals surface area (Å²) in [6.45, 7) is 1.56. The number of pyridine rings is 1. The van der Waals surface area contributed by atoms with E-state index in [1.165, 1.54) is 0 Å². The molecule has 6 heteroatoms. The number of aromatic nitrogens is 3. The fraction of sp³-hybridized carbons (Fsp3) is 0.316. The minimum absolute atomic E-state index is 0.0201. The van der Waals surface area contributed by atoms with Crippen molar-refractivity contribution in [2.75, 3.05) is 24.6 Å². The van der Waals surface area contributed by atoms with E-state index in [0.717, 1.165) is 48.2 Å². The molecule has 1 aliphatic heterocycles. The molecule has 1 aliphatic rings. The van der Waals surface area contributed by atoms with E-state index in [4.69, 9.17) is 15.7 Å². The third-order valence-corrected chi connectivity index (χ3v) is 4.88. The molecule has 0 amide bonds. The van der Waals surface area contributed by atoms with Gasteiger partial charge >= 0.3 is 0 Å². The normalized spacial score (nSPS) is 17.0. The van der Waals surface area contributed by atoms with Crippen molar-refractivity contribution in [3.05, 3.63) is 48.8 Å². The third-order valence-electron chi connectivity index (χ3n) is 4.88. The van der Waals surface area contributed by atoms with E-state index in [-0.39, 0.29) is 6.61 Å². The van der Waals surface area contributed by atoms with E-state index < -0.39 is 5.54 Å². The molecule has 3 heterocycles. The summed E-state index contributed by atoms with van der Waals surface area (Å²) in [6, 6.07) is 11.9. The standard InChI is InChI=1S/C19H21N5O/c20-19(13-25)7-10-24(11-8-19)18-15-5-1-2-6-16(15)22-17(23-18)14-4-3-9-21-12-14/h1-6,9,12,25H,7-8,10-11,13,20H2. The average molecular weight is 335 g/mol. The number of nitrogens with two attached hydrogens (primary N) is 1. The van der Waals surface area contributed by atoms with Crippen LogP contribution in [0.3, 0.4) is 0 Å². The Morgan fingerprint density at radius 1 is 1.08 bits per heavy atom. The summed E-state index contributed by atoms with van der Waals surface area (Å²) in [7, 11) is 0. The number of para-hydroxylation sites is 1. The Labute approximate surface area is 146 Å². The molecule has 0 atom stereocenters. The number of hydrogen-bond acceptors (Lipinski definition) is 6. The third kappa shape index (κ3) is 3.06. The molecule has 3 aromatic rings. The maximum atomic E-state index is 9.50. The van der Waals surface area contributed by atoms with Crippen LogP contribution in [-0.2, 0) is 0 Å². The highest BCUT2D eigenvalue weighted by atomic mass is 16.3. The second-order valence-electron chi connectivity index (χ2n) is 6.64. The fourth-order valence-electron chi connectivity index (χ4n) is 3.25. The highest BCUT2D eigenvalue weighted by molar-refractivity contribution is 5.91. The number of nitrogens with zero attached hydrogens (tertiary/aromatic N) is 4. The SMILES string of the molecule is NC1(CO)CCN(c2nc(-c3cccnc3)nc3ccccc23)CC1. The molecule has 0 aliphatic carbocycles. The molecule has 0 saturated carbocycles. The van der Waals surface area contributed by atoms with Crippen LogP contribution in [0.25, 0.3) is 22.3 Å². The number of hydrogen-bond donors (Lipinski definition) is 2. The van der Waals surface area contributed by atoms with Gasteiger partial charge in [0.05, 0.1) is 12.1 Å².